The first-order chi connectivity index (χ1) is 13.5. The molecule has 0 atom stereocenters. The largest absolute Gasteiger partial charge is 0.327 e. The molecule has 0 fully saturated rings. The molecule has 9 heteroatoms. The third-order valence-corrected chi connectivity index (χ3v) is 5.36. The number of carbonyl (C=O) groups is 1. The van der Waals surface area contributed by atoms with Crippen LogP contribution in [0.2, 0.25) is 10.0 Å². The zero-order valence-corrected chi connectivity index (χ0v) is 17.5. The van der Waals surface area contributed by atoms with E-state index in [2.05, 4.69) is 41.5 Å². The molecule has 0 saturated heterocycles. The zero-order chi connectivity index (χ0) is 19.7. The van der Waals surface area contributed by atoms with Crippen LogP contribution in [0.4, 0.5) is 17.3 Å². The third-order valence-electron chi connectivity index (χ3n) is 4.26. The van der Waals surface area contributed by atoms with E-state index in [1.165, 1.54) is 12.4 Å². The van der Waals surface area contributed by atoms with Crippen molar-refractivity contribution >= 4 is 68.4 Å². The number of amides is 1. The van der Waals surface area contributed by atoms with E-state index in [-0.39, 0.29) is 5.91 Å². The highest BCUT2D eigenvalue weighted by atomic mass is 79.9. The summed E-state index contributed by atoms with van der Waals surface area (Å²) in [5.41, 5.74) is 3.61. The number of rotatable bonds is 4. The molecule has 2 heterocycles. The lowest BCUT2D eigenvalue weighted by Gasteiger charge is -2.12. The van der Waals surface area contributed by atoms with Gasteiger partial charge in [-0.2, -0.15) is 0 Å². The predicted octanol–water partition coefficient (Wildman–Crippen LogP) is 5.59. The van der Waals surface area contributed by atoms with Crippen LogP contribution in [-0.2, 0) is 11.2 Å². The topological polar surface area (TPSA) is 82.7 Å². The van der Waals surface area contributed by atoms with Gasteiger partial charge >= 0.3 is 0 Å². The molecule has 0 bridgehead atoms. The number of aryl methyl sites for hydroxylation is 1. The fraction of sp³-hybridized carbons (Fsp3) is 0.105. The maximum absolute atomic E-state index is 12.6. The van der Waals surface area contributed by atoms with Crippen LogP contribution in [0.15, 0.2) is 46.7 Å². The Morgan fingerprint density at radius 2 is 1.82 bits per heavy atom. The number of aromatic amines is 1. The summed E-state index contributed by atoms with van der Waals surface area (Å²) in [6, 6.07) is 7.44. The summed E-state index contributed by atoms with van der Waals surface area (Å²) in [4.78, 5) is 24.2. The highest BCUT2D eigenvalue weighted by Gasteiger charge is 2.20. The van der Waals surface area contributed by atoms with Crippen LogP contribution >= 0.6 is 39.1 Å². The van der Waals surface area contributed by atoms with Crippen LogP contribution in [-0.4, -0.2) is 20.9 Å². The van der Waals surface area contributed by atoms with E-state index in [1.807, 2.05) is 24.3 Å². The molecule has 3 N–H and O–H groups in total. The number of hydrogen-bond donors (Lipinski definition) is 3. The number of imidazole rings is 1. The molecule has 0 saturated carbocycles. The molecule has 0 spiro atoms. The number of nitrogens with zero attached hydrogens (tertiary/aromatic N) is 2. The number of halogens is 3. The maximum Gasteiger partial charge on any atom is 0.251 e. The second kappa shape index (κ2) is 7.95. The average molecular weight is 479 g/mol. The Bertz CT molecular complexity index is 1060. The SMILES string of the molecule is O=C(Nc1ccc(Br)cc1)C1=Cc2nc(Nc3c(Cl)cncc3Cl)[nH]c2CC1. The summed E-state index contributed by atoms with van der Waals surface area (Å²) in [5.74, 6) is 0.372. The fourth-order valence-corrected chi connectivity index (χ4v) is 3.59. The van der Waals surface area contributed by atoms with Crippen molar-refractivity contribution in [3.05, 3.63) is 68.1 Å². The van der Waals surface area contributed by atoms with E-state index < -0.39 is 0 Å². The minimum absolute atomic E-state index is 0.134. The number of aromatic nitrogens is 3. The molecule has 2 aromatic heterocycles. The second-order valence-electron chi connectivity index (χ2n) is 6.18. The average Bonchev–Trinajstić information content (AvgIpc) is 3.08. The van der Waals surface area contributed by atoms with Crippen LogP contribution in [0.1, 0.15) is 17.8 Å². The lowest BCUT2D eigenvalue weighted by molar-refractivity contribution is -0.112. The van der Waals surface area contributed by atoms with Gasteiger partial charge in [-0.25, -0.2) is 4.98 Å². The molecule has 0 aliphatic heterocycles. The van der Waals surface area contributed by atoms with E-state index in [9.17, 15) is 4.79 Å². The zero-order valence-electron chi connectivity index (χ0n) is 14.4. The fourth-order valence-electron chi connectivity index (χ4n) is 2.86. The summed E-state index contributed by atoms with van der Waals surface area (Å²) >= 11 is 15.7. The lowest BCUT2D eigenvalue weighted by atomic mass is 9.99. The highest BCUT2D eigenvalue weighted by Crippen LogP contribution is 2.32. The summed E-state index contributed by atoms with van der Waals surface area (Å²) < 4.78 is 0.956. The van der Waals surface area contributed by atoms with Gasteiger partial charge in [-0.15, -0.1) is 0 Å². The minimum atomic E-state index is -0.134. The number of pyridine rings is 1. The summed E-state index contributed by atoms with van der Waals surface area (Å²) in [5, 5.41) is 6.78. The van der Waals surface area contributed by atoms with Crippen LogP contribution in [0.25, 0.3) is 6.08 Å². The molecule has 0 unspecified atom stereocenters. The van der Waals surface area contributed by atoms with Crippen molar-refractivity contribution < 1.29 is 4.79 Å². The summed E-state index contributed by atoms with van der Waals surface area (Å²) in [6.07, 6.45) is 6.10. The molecule has 1 aliphatic rings. The Hall–Kier alpha value is -2.35. The van der Waals surface area contributed by atoms with Crippen LogP contribution in [0.3, 0.4) is 0 Å². The van der Waals surface area contributed by atoms with E-state index in [4.69, 9.17) is 23.2 Å². The highest BCUT2D eigenvalue weighted by molar-refractivity contribution is 9.10. The number of hydrogen-bond acceptors (Lipinski definition) is 4. The van der Waals surface area contributed by atoms with Crippen LogP contribution in [0.5, 0.6) is 0 Å². The van der Waals surface area contributed by atoms with Gasteiger partial charge in [0.25, 0.3) is 5.91 Å². The third kappa shape index (κ3) is 4.06. The van der Waals surface area contributed by atoms with E-state index >= 15 is 0 Å². The lowest BCUT2D eigenvalue weighted by Crippen LogP contribution is -2.16. The van der Waals surface area contributed by atoms with Gasteiger partial charge in [0.1, 0.15) is 0 Å². The normalized spacial score (nSPS) is 12.9. The van der Waals surface area contributed by atoms with Gasteiger partial charge in [-0.3, -0.25) is 9.78 Å². The molecule has 1 amide bonds. The molecule has 142 valence electrons. The molecule has 4 rings (SSSR count). The standard InChI is InChI=1S/C19H14BrCl2N5O/c20-11-2-4-12(5-3-11)24-18(28)10-1-6-15-16(7-10)26-19(25-15)27-17-13(21)8-23-9-14(17)22/h2-5,7-9H,1,6H2,(H,24,28)(H2,23,25,26,27). The Morgan fingerprint density at radius 3 is 2.54 bits per heavy atom. The van der Waals surface area contributed by atoms with Crippen molar-refractivity contribution in [2.24, 2.45) is 0 Å². The van der Waals surface area contributed by atoms with Crippen molar-refractivity contribution in [3.63, 3.8) is 0 Å². The van der Waals surface area contributed by atoms with E-state index in [0.717, 1.165) is 21.5 Å². The van der Waals surface area contributed by atoms with Crippen molar-refractivity contribution in [1.29, 1.82) is 0 Å². The first-order valence-electron chi connectivity index (χ1n) is 8.42. The molecular formula is C19H14BrCl2N5O. The van der Waals surface area contributed by atoms with Gasteiger partial charge in [0.05, 0.1) is 21.4 Å². The van der Waals surface area contributed by atoms with Gasteiger partial charge in [-0.05, 0) is 43.2 Å². The van der Waals surface area contributed by atoms with Crippen molar-refractivity contribution in [2.45, 2.75) is 12.8 Å². The predicted molar refractivity (Wildman–Crippen MR) is 115 cm³/mol. The first-order valence-corrected chi connectivity index (χ1v) is 9.97. The Labute approximate surface area is 179 Å². The minimum Gasteiger partial charge on any atom is -0.327 e. The van der Waals surface area contributed by atoms with E-state index in [0.29, 0.717) is 40.1 Å². The van der Waals surface area contributed by atoms with Crippen LogP contribution < -0.4 is 10.6 Å². The van der Waals surface area contributed by atoms with Crippen molar-refractivity contribution in [1.82, 2.24) is 15.0 Å². The Morgan fingerprint density at radius 1 is 1.11 bits per heavy atom. The number of carbonyl (C=O) groups excluding carboxylic acids is 1. The molecule has 0 radical (unpaired) electrons. The monoisotopic (exact) mass is 477 g/mol. The van der Waals surface area contributed by atoms with Gasteiger partial charge in [0.15, 0.2) is 0 Å². The van der Waals surface area contributed by atoms with Crippen molar-refractivity contribution in [2.75, 3.05) is 10.6 Å². The number of nitrogens with one attached hydrogen (secondary N) is 3. The number of H-pyrrole nitrogens is 1. The van der Waals surface area contributed by atoms with Gasteiger partial charge < -0.3 is 15.6 Å². The van der Waals surface area contributed by atoms with Crippen molar-refractivity contribution in [3.8, 4) is 0 Å². The molecule has 1 aromatic carbocycles. The summed E-state index contributed by atoms with van der Waals surface area (Å²) in [6.45, 7) is 0. The maximum atomic E-state index is 12.6. The number of anilines is 3. The second-order valence-corrected chi connectivity index (χ2v) is 7.91. The van der Waals surface area contributed by atoms with Gasteiger partial charge in [-0.1, -0.05) is 39.1 Å². The molecular weight excluding hydrogens is 465 g/mol. The summed E-state index contributed by atoms with van der Waals surface area (Å²) in [7, 11) is 0. The van der Waals surface area contributed by atoms with Crippen LogP contribution in [0, 0.1) is 0 Å². The molecule has 6 nitrogen and oxygen atoms in total. The Kier molecular flexibility index (Phi) is 5.39. The molecule has 3 aromatic rings. The number of benzene rings is 1. The quantitative estimate of drug-likeness (QED) is 0.456. The molecule has 1 aliphatic carbocycles. The first kappa shape index (κ1) is 19.0. The number of fused-ring (bicyclic) bond motifs is 1. The van der Waals surface area contributed by atoms with Gasteiger partial charge in [0.2, 0.25) is 5.95 Å². The van der Waals surface area contributed by atoms with Gasteiger partial charge in [0, 0.05) is 33.8 Å². The smallest absolute Gasteiger partial charge is 0.251 e. The molecule has 28 heavy (non-hydrogen) atoms. The Balaban J connectivity index is 1.52. The van der Waals surface area contributed by atoms with E-state index in [1.54, 1.807) is 6.08 Å².